The average molecular weight is 254 g/mol. The van der Waals surface area contributed by atoms with Crippen molar-refractivity contribution in [2.75, 3.05) is 26.4 Å². The molecule has 0 radical (unpaired) electrons. The summed E-state index contributed by atoms with van der Waals surface area (Å²) in [5, 5.41) is 12.5. The van der Waals surface area contributed by atoms with Gasteiger partial charge in [0, 0.05) is 13.2 Å². The molecule has 2 unspecified atom stereocenters. The smallest absolute Gasteiger partial charge is 0.104 e. The van der Waals surface area contributed by atoms with Gasteiger partial charge < -0.3 is 9.47 Å². The van der Waals surface area contributed by atoms with E-state index in [4.69, 9.17) is 14.7 Å². The van der Waals surface area contributed by atoms with E-state index in [0.717, 1.165) is 45.3 Å². The Balaban J connectivity index is 2.05. The van der Waals surface area contributed by atoms with E-state index in [2.05, 4.69) is 18.3 Å². The molecule has 1 aliphatic rings. The van der Waals surface area contributed by atoms with Crippen LogP contribution >= 0.6 is 0 Å². The first kappa shape index (κ1) is 15.4. The van der Waals surface area contributed by atoms with E-state index in [-0.39, 0.29) is 0 Å². The zero-order valence-electron chi connectivity index (χ0n) is 11.7. The lowest BCUT2D eigenvalue weighted by Crippen LogP contribution is -2.41. The fourth-order valence-corrected chi connectivity index (χ4v) is 2.10. The minimum absolute atomic E-state index is 0.297. The topological polar surface area (TPSA) is 54.3 Å². The fourth-order valence-electron chi connectivity index (χ4n) is 2.10. The van der Waals surface area contributed by atoms with Crippen molar-refractivity contribution in [3.05, 3.63) is 0 Å². The molecule has 0 aliphatic carbocycles. The van der Waals surface area contributed by atoms with Crippen LogP contribution in [0, 0.1) is 11.3 Å². The van der Waals surface area contributed by atoms with E-state index in [1.54, 1.807) is 0 Å². The van der Waals surface area contributed by atoms with Crippen LogP contribution < -0.4 is 5.32 Å². The summed E-state index contributed by atoms with van der Waals surface area (Å²) in [6, 6.07) is 2.35. The maximum atomic E-state index is 9.17. The van der Waals surface area contributed by atoms with Gasteiger partial charge in [-0.15, -0.1) is 0 Å². The van der Waals surface area contributed by atoms with Crippen molar-refractivity contribution in [1.29, 1.82) is 5.26 Å². The maximum absolute atomic E-state index is 9.17. The summed E-state index contributed by atoms with van der Waals surface area (Å²) < 4.78 is 11.1. The molecular weight excluding hydrogens is 228 g/mol. The highest BCUT2D eigenvalue weighted by Gasteiger charge is 2.22. The van der Waals surface area contributed by atoms with Gasteiger partial charge in [-0.1, -0.05) is 6.92 Å². The molecule has 104 valence electrons. The highest BCUT2D eigenvalue weighted by molar-refractivity contribution is 5.03. The average Bonchev–Trinajstić information content (AvgIpc) is 2.89. The second kappa shape index (κ2) is 8.47. The lowest BCUT2D eigenvalue weighted by atomic mass is 9.98. The van der Waals surface area contributed by atoms with E-state index in [1.807, 2.05) is 6.92 Å². The molecule has 18 heavy (non-hydrogen) atoms. The Morgan fingerprint density at radius 1 is 1.56 bits per heavy atom. The first-order valence-electron chi connectivity index (χ1n) is 7.06. The molecule has 1 N–H and O–H groups in total. The minimum atomic E-state index is -0.413. The Morgan fingerprint density at radius 3 is 3.00 bits per heavy atom. The zero-order valence-corrected chi connectivity index (χ0v) is 11.7. The van der Waals surface area contributed by atoms with Gasteiger partial charge in [0.1, 0.15) is 5.54 Å². The zero-order chi connectivity index (χ0) is 13.3. The van der Waals surface area contributed by atoms with Crippen LogP contribution in [-0.4, -0.2) is 38.0 Å². The van der Waals surface area contributed by atoms with Crippen LogP contribution in [0.3, 0.4) is 0 Å². The van der Waals surface area contributed by atoms with Crippen molar-refractivity contribution in [1.82, 2.24) is 5.32 Å². The number of nitrogens with one attached hydrogen (secondary N) is 1. The molecule has 0 aromatic carbocycles. The molecule has 0 aromatic heterocycles. The Morgan fingerprint density at radius 2 is 2.39 bits per heavy atom. The summed E-state index contributed by atoms with van der Waals surface area (Å²) in [5.74, 6) is 0. The van der Waals surface area contributed by atoms with E-state index in [9.17, 15) is 0 Å². The van der Waals surface area contributed by atoms with Gasteiger partial charge in [0.25, 0.3) is 0 Å². The molecule has 2 atom stereocenters. The lowest BCUT2D eigenvalue weighted by Gasteiger charge is -2.23. The molecule has 1 fully saturated rings. The summed E-state index contributed by atoms with van der Waals surface area (Å²) in [6.45, 7) is 7.25. The van der Waals surface area contributed by atoms with Crippen LogP contribution in [0.4, 0.5) is 0 Å². The molecule has 4 heteroatoms. The van der Waals surface area contributed by atoms with Crippen molar-refractivity contribution in [2.45, 2.75) is 57.6 Å². The van der Waals surface area contributed by atoms with Crippen LogP contribution in [0.5, 0.6) is 0 Å². The van der Waals surface area contributed by atoms with Gasteiger partial charge in [-0.2, -0.15) is 5.26 Å². The largest absolute Gasteiger partial charge is 0.379 e. The molecule has 1 rings (SSSR count). The molecule has 0 aromatic rings. The van der Waals surface area contributed by atoms with Gasteiger partial charge in [0.15, 0.2) is 0 Å². The summed E-state index contributed by atoms with van der Waals surface area (Å²) >= 11 is 0. The number of hydrogen-bond acceptors (Lipinski definition) is 4. The van der Waals surface area contributed by atoms with Gasteiger partial charge in [-0.3, -0.25) is 5.32 Å². The van der Waals surface area contributed by atoms with Crippen molar-refractivity contribution in [2.24, 2.45) is 0 Å². The Bertz CT molecular complexity index is 259. The number of rotatable bonds is 9. The first-order chi connectivity index (χ1) is 8.70. The van der Waals surface area contributed by atoms with Crippen LogP contribution in [-0.2, 0) is 9.47 Å². The second-order valence-corrected chi connectivity index (χ2v) is 5.18. The number of hydrogen-bond donors (Lipinski definition) is 1. The fraction of sp³-hybridized carbons (Fsp3) is 0.929. The van der Waals surface area contributed by atoms with Crippen molar-refractivity contribution < 1.29 is 9.47 Å². The van der Waals surface area contributed by atoms with Crippen LogP contribution in [0.15, 0.2) is 0 Å². The van der Waals surface area contributed by atoms with Gasteiger partial charge in [0.2, 0.25) is 0 Å². The molecule has 4 nitrogen and oxygen atoms in total. The van der Waals surface area contributed by atoms with Crippen LogP contribution in [0.25, 0.3) is 0 Å². The predicted octanol–water partition coefficient (Wildman–Crippen LogP) is 2.24. The molecule has 0 spiro atoms. The predicted molar refractivity (Wildman–Crippen MR) is 71.3 cm³/mol. The molecule has 0 bridgehead atoms. The third kappa shape index (κ3) is 5.81. The molecular formula is C14H26N2O2. The molecule has 1 saturated heterocycles. The van der Waals surface area contributed by atoms with Crippen LogP contribution in [0.2, 0.25) is 0 Å². The molecule has 1 aliphatic heterocycles. The SMILES string of the molecule is CCCNC(C)(C#N)CCCOCC1CCCO1. The van der Waals surface area contributed by atoms with Crippen LogP contribution in [0.1, 0.15) is 46.0 Å². The van der Waals surface area contributed by atoms with Crippen molar-refractivity contribution >= 4 is 0 Å². The number of nitriles is 1. The van der Waals surface area contributed by atoms with Gasteiger partial charge in [-0.05, 0) is 45.6 Å². The number of nitrogens with zero attached hydrogens (tertiary/aromatic N) is 1. The Labute approximate surface area is 111 Å². The van der Waals surface area contributed by atoms with Gasteiger partial charge >= 0.3 is 0 Å². The van der Waals surface area contributed by atoms with Gasteiger partial charge in [0.05, 0.1) is 18.8 Å². The van der Waals surface area contributed by atoms with E-state index in [1.165, 1.54) is 0 Å². The molecule has 0 saturated carbocycles. The summed E-state index contributed by atoms with van der Waals surface area (Å²) in [4.78, 5) is 0. The monoisotopic (exact) mass is 254 g/mol. The molecule has 1 heterocycles. The quantitative estimate of drug-likeness (QED) is 0.641. The highest BCUT2D eigenvalue weighted by atomic mass is 16.5. The van der Waals surface area contributed by atoms with Crippen molar-refractivity contribution in [3.8, 4) is 6.07 Å². The van der Waals surface area contributed by atoms with Crippen molar-refractivity contribution in [3.63, 3.8) is 0 Å². The maximum Gasteiger partial charge on any atom is 0.104 e. The third-order valence-electron chi connectivity index (χ3n) is 3.31. The lowest BCUT2D eigenvalue weighted by molar-refractivity contribution is 0.0153. The van der Waals surface area contributed by atoms with Gasteiger partial charge in [-0.25, -0.2) is 0 Å². The standard InChI is InChI=1S/C14H26N2O2/c1-3-8-16-14(2,12-15)7-5-9-17-11-13-6-4-10-18-13/h13,16H,3-11H2,1-2H3. The summed E-state index contributed by atoms with van der Waals surface area (Å²) in [5.41, 5.74) is -0.413. The first-order valence-corrected chi connectivity index (χ1v) is 7.06. The second-order valence-electron chi connectivity index (χ2n) is 5.18. The highest BCUT2D eigenvalue weighted by Crippen LogP contribution is 2.14. The Hall–Kier alpha value is -0.630. The third-order valence-corrected chi connectivity index (χ3v) is 3.31. The minimum Gasteiger partial charge on any atom is -0.379 e. The van der Waals surface area contributed by atoms with E-state index >= 15 is 0 Å². The summed E-state index contributed by atoms with van der Waals surface area (Å²) in [6.07, 6.45) is 5.36. The van der Waals surface area contributed by atoms with E-state index < -0.39 is 5.54 Å². The van der Waals surface area contributed by atoms with E-state index in [0.29, 0.717) is 19.3 Å². The normalized spacial score (nSPS) is 22.6. The summed E-state index contributed by atoms with van der Waals surface area (Å²) in [7, 11) is 0. The number of ether oxygens (including phenoxy) is 2. The Kier molecular flexibility index (Phi) is 7.26. The molecule has 0 amide bonds.